The number of benzene rings is 1. The SMILES string of the molecule is O=C(CCC(F)(F)F)NC1OC(=O)c2ccccc21. The lowest BCUT2D eigenvalue weighted by Crippen LogP contribution is -2.29. The maximum absolute atomic E-state index is 12.0. The number of hydrogen-bond acceptors (Lipinski definition) is 3. The van der Waals surface area contributed by atoms with E-state index in [9.17, 15) is 22.8 Å². The van der Waals surface area contributed by atoms with Gasteiger partial charge in [0.1, 0.15) is 0 Å². The fourth-order valence-electron chi connectivity index (χ4n) is 1.73. The first-order valence-corrected chi connectivity index (χ1v) is 5.53. The summed E-state index contributed by atoms with van der Waals surface area (Å²) in [6.45, 7) is 0. The van der Waals surface area contributed by atoms with Crippen LogP contribution in [-0.4, -0.2) is 18.1 Å². The molecule has 102 valence electrons. The van der Waals surface area contributed by atoms with E-state index < -0.39 is 37.1 Å². The molecule has 0 spiro atoms. The van der Waals surface area contributed by atoms with E-state index >= 15 is 0 Å². The Bertz CT molecular complexity index is 513. The number of amides is 1. The summed E-state index contributed by atoms with van der Waals surface area (Å²) >= 11 is 0. The van der Waals surface area contributed by atoms with Crippen molar-refractivity contribution < 1.29 is 27.5 Å². The standard InChI is InChI=1S/C12H10F3NO3/c13-12(14,15)6-5-9(17)16-10-7-3-1-2-4-8(7)11(18)19-10/h1-4,10H,5-6H2,(H,16,17). The minimum Gasteiger partial charge on any atom is -0.434 e. The number of halogens is 3. The van der Waals surface area contributed by atoms with Crippen molar-refractivity contribution in [2.45, 2.75) is 25.2 Å². The predicted octanol–water partition coefficient (Wildman–Crippen LogP) is 2.31. The monoisotopic (exact) mass is 273 g/mol. The molecule has 0 bridgehead atoms. The number of hydrogen-bond donors (Lipinski definition) is 1. The highest BCUT2D eigenvalue weighted by atomic mass is 19.4. The summed E-state index contributed by atoms with van der Waals surface area (Å²) in [5.41, 5.74) is 0.761. The highest BCUT2D eigenvalue weighted by molar-refractivity contribution is 5.94. The third kappa shape index (κ3) is 3.24. The summed E-state index contributed by atoms with van der Waals surface area (Å²) in [5, 5.41) is 2.26. The number of nitrogens with one attached hydrogen (secondary N) is 1. The van der Waals surface area contributed by atoms with Crippen LogP contribution in [0.2, 0.25) is 0 Å². The van der Waals surface area contributed by atoms with Crippen molar-refractivity contribution in [3.8, 4) is 0 Å². The molecule has 0 fully saturated rings. The van der Waals surface area contributed by atoms with Crippen LogP contribution in [0.25, 0.3) is 0 Å². The van der Waals surface area contributed by atoms with Gasteiger partial charge in [-0.25, -0.2) is 4.79 Å². The molecular weight excluding hydrogens is 263 g/mol. The van der Waals surface area contributed by atoms with Crippen LogP contribution in [0.1, 0.15) is 35.0 Å². The lowest BCUT2D eigenvalue weighted by molar-refractivity contribution is -0.145. The molecule has 0 aliphatic carbocycles. The first-order chi connectivity index (χ1) is 8.87. The number of ether oxygens (including phenoxy) is 1. The largest absolute Gasteiger partial charge is 0.434 e. The van der Waals surface area contributed by atoms with Crippen molar-refractivity contribution >= 4 is 11.9 Å². The van der Waals surface area contributed by atoms with Crippen molar-refractivity contribution in [2.24, 2.45) is 0 Å². The highest BCUT2D eigenvalue weighted by Gasteiger charge is 2.33. The Morgan fingerprint density at radius 2 is 2.00 bits per heavy atom. The molecule has 4 nitrogen and oxygen atoms in total. The molecule has 19 heavy (non-hydrogen) atoms. The normalized spacial score (nSPS) is 17.8. The van der Waals surface area contributed by atoms with Crippen molar-refractivity contribution in [3.63, 3.8) is 0 Å². The fraction of sp³-hybridized carbons (Fsp3) is 0.333. The average Bonchev–Trinajstić information content (AvgIpc) is 2.64. The van der Waals surface area contributed by atoms with Crippen LogP contribution in [0.3, 0.4) is 0 Å². The van der Waals surface area contributed by atoms with Gasteiger partial charge in [-0.15, -0.1) is 0 Å². The van der Waals surface area contributed by atoms with Gasteiger partial charge in [0, 0.05) is 12.0 Å². The topological polar surface area (TPSA) is 55.4 Å². The van der Waals surface area contributed by atoms with Crippen molar-refractivity contribution in [1.82, 2.24) is 5.32 Å². The lowest BCUT2D eigenvalue weighted by atomic mass is 10.1. The van der Waals surface area contributed by atoms with Crippen LogP contribution < -0.4 is 5.32 Å². The quantitative estimate of drug-likeness (QED) is 0.860. The van der Waals surface area contributed by atoms with Gasteiger partial charge in [0.05, 0.1) is 12.0 Å². The number of alkyl halides is 3. The second-order valence-electron chi connectivity index (χ2n) is 4.06. The van der Waals surface area contributed by atoms with Crippen LogP contribution >= 0.6 is 0 Å². The number of cyclic esters (lactones) is 1. The van der Waals surface area contributed by atoms with Crippen LogP contribution in [0.15, 0.2) is 24.3 Å². The van der Waals surface area contributed by atoms with E-state index in [4.69, 9.17) is 4.74 Å². The molecule has 0 radical (unpaired) electrons. The van der Waals surface area contributed by atoms with Crippen LogP contribution in [0.4, 0.5) is 13.2 Å². The molecule has 1 aromatic carbocycles. The lowest BCUT2D eigenvalue weighted by Gasteiger charge is -2.13. The van der Waals surface area contributed by atoms with Gasteiger partial charge in [-0.1, -0.05) is 18.2 Å². The number of rotatable bonds is 3. The molecule has 0 saturated carbocycles. The van der Waals surface area contributed by atoms with Gasteiger partial charge < -0.3 is 10.1 Å². The minimum atomic E-state index is -4.39. The van der Waals surface area contributed by atoms with Crippen LogP contribution in [-0.2, 0) is 9.53 Å². The van der Waals surface area contributed by atoms with E-state index in [1.54, 1.807) is 18.2 Å². The molecule has 2 rings (SSSR count). The molecule has 1 amide bonds. The first kappa shape index (κ1) is 13.4. The van der Waals surface area contributed by atoms with Crippen molar-refractivity contribution in [3.05, 3.63) is 35.4 Å². The summed E-state index contributed by atoms with van der Waals surface area (Å²) in [4.78, 5) is 22.8. The van der Waals surface area contributed by atoms with Gasteiger partial charge in [0.2, 0.25) is 12.1 Å². The smallest absolute Gasteiger partial charge is 0.389 e. The van der Waals surface area contributed by atoms with E-state index in [1.807, 2.05) is 0 Å². The zero-order valence-corrected chi connectivity index (χ0v) is 9.66. The van der Waals surface area contributed by atoms with E-state index in [1.165, 1.54) is 6.07 Å². The molecular formula is C12H10F3NO3. The Hall–Kier alpha value is -2.05. The van der Waals surface area contributed by atoms with Gasteiger partial charge in [-0.3, -0.25) is 4.79 Å². The average molecular weight is 273 g/mol. The van der Waals surface area contributed by atoms with Crippen LogP contribution in [0.5, 0.6) is 0 Å². The van der Waals surface area contributed by atoms with E-state index in [0.29, 0.717) is 11.1 Å². The molecule has 0 saturated heterocycles. The Labute approximate surface area is 106 Å². The molecule has 1 aliphatic heterocycles. The molecule has 0 aromatic heterocycles. The molecule has 1 N–H and O–H groups in total. The van der Waals surface area contributed by atoms with Crippen LogP contribution in [0, 0.1) is 0 Å². The van der Waals surface area contributed by atoms with E-state index in [-0.39, 0.29) is 0 Å². The highest BCUT2D eigenvalue weighted by Crippen LogP contribution is 2.28. The van der Waals surface area contributed by atoms with E-state index in [0.717, 1.165) is 0 Å². The zero-order valence-electron chi connectivity index (χ0n) is 9.66. The summed E-state index contributed by atoms with van der Waals surface area (Å²) in [6, 6.07) is 6.39. The third-order valence-corrected chi connectivity index (χ3v) is 2.62. The summed E-state index contributed by atoms with van der Waals surface area (Å²) in [5.74, 6) is -1.41. The second kappa shape index (κ2) is 4.91. The Balaban J connectivity index is 1.98. The maximum atomic E-state index is 12.0. The Kier molecular flexibility index (Phi) is 3.46. The van der Waals surface area contributed by atoms with Gasteiger partial charge >= 0.3 is 12.1 Å². The van der Waals surface area contributed by atoms with Gasteiger partial charge in [0.25, 0.3) is 0 Å². The van der Waals surface area contributed by atoms with Crippen molar-refractivity contribution in [2.75, 3.05) is 0 Å². The van der Waals surface area contributed by atoms with Gasteiger partial charge in [-0.05, 0) is 6.07 Å². The summed E-state index contributed by atoms with van der Waals surface area (Å²) < 4.78 is 40.8. The molecule has 1 aliphatic rings. The Morgan fingerprint density at radius 1 is 1.32 bits per heavy atom. The predicted molar refractivity (Wildman–Crippen MR) is 58.0 cm³/mol. The molecule has 1 heterocycles. The van der Waals surface area contributed by atoms with Gasteiger partial charge in [0.15, 0.2) is 0 Å². The Morgan fingerprint density at radius 3 is 2.68 bits per heavy atom. The van der Waals surface area contributed by atoms with Crippen molar-refractivity contribution in [1.29, 1.82) is 0 Å². The zero-order chi connectivity index (χ0) is 14.0. The second-order valence-corrected chi connectivity index (χ2v) is 4.06. The minimum absolute atomic E-state index is 0.309. The molecule has 1 aromatic rings. The number of esters is 1. The fourth-order valence-corrected chi connectivity index (χ4v) is 1.73. The number of fused-ring (bicyclic) bond motifs is 1. The summed E-state index contributed by atoms with van der Waals surface area (Å²) in [7, 11) is 0. The summed E-state index contributed by atoms with van der Waals surface area (Å²) in [6.07, 6.45) is -7.30. The third-order valence-electron chi connectivity index (χ3n) is 2.62. The van der Waals surface area contributed by atoms with Gasteiger partial charge in [-0.2, -0.15) is 13.2 Å². The molecule has 7 heteroatoms. The number of carbonyl (C=O) groups is 2. The first-order valence-electron chi connectivity index (χ1n) is 5.53. The number of carbonyl (C=O) groups excluding carboxylic acids is 2. The molecule has 1 atom stereocenters. The molecule has 1 unspecified atom stereocenters. The van der Waals surface area contributed by atoms with E-state index in [2.05, 4.69) is 5.32 Å². The maximum Gasteiger partial charge on any atom is 0.389 e.